The minimum Gasteiger partial charge on any atom is -0.353 e. The van der Waals surface area contributed by atoms with Crippen LogP contribution in [0, 0.1) is 6.92 Å². The Hall–Kier alpha value is -3.60. The van der Waals surface area contributed by atoms with Crippen LogP contribution < -0.4 is 10.2 Å². The van der Waals surface area contributed by atoms with Crippen molar-refractivity contribution in [3.8, 4) is 11.1 Å². The Morgan fingerprint density at radius 1 is 0.947 bits per heavy atom. The van der Waals surface area contributed by atoms with Crippen LogP contribution in [0.25, 0.3) is 11.1 Å². The quantitative estimate of drug-likeness (QED) is 0.421. The van der Waals surface area contributed by atoms with Gasteiger partial charge in [-0.2, -0.15) is 26.3 Å². The molecule has 0 radical (unpaired) electrons. The van der Waals surface area contributed by atoms with Gasteiger partial charge < -0.3 is 15.1 Å². The van der Waals surface area contributed by atoms with Gasteiger partial charge in [-0.05, 0) is 53.4 Å². The summed E-state index contributed by atoms with van der Waals surface area (Å²) in [4.78, 5) is 21.4. The molecule has 3 aromatic rings. The molecule has 1 N–H and O–H groups in total. The lowest BCUT2D eigenvalue weighted by molar-refractivity contribution is -0.143. The van der Waals surface area contributed by atoms with Crippen LogP contribution in [0.3, 0.4) is 0 Å². The van der Waals surface area contributed by atoms with Crippen LogP contribution in [0.5, 0.6) is 0 Å². The Labute approximate surface area is 216 Å². The summed E-state index contributed by atoms with van der Waals surface area (Å²) >= 11 is 0. The molecule has 1 amide bonds. The number of carbonyl (C=O) groups excluding carboxylic acids is 1. The lowest BCUT2D eigenvalue weighted by Crippen LogP contribution is -2.45. The zero-order valence-electron chi connectivity index (χ0n) is 20.7. The summed E-state index contributed by atoms with van der Waals surface area (Å²) in [6.45, 7) is 3.93. The van der Waals surface area contributed by atoms with Crippen LogP contribution in [0.2, 0.25) is 0 Å². The number of nitrogens with zero attached hydrogens (tertiary/aromatic N) is 3. The summed E-state index contributed by atoms with van der Waals surface area (Å²) in [5.41, 5.74) is -0.625. The Balaban J connectivity index is 1.78. The molecule has 1 aromatic heterocycles. The van der Waals surface area contributed by atoms with Crippen LogP contribution in [0.1, 0.15) is 32.6 Å². The average molecular weight is 537 g/mol. The Morgan fingerprint density at radius 3 is 2.13 bits per heavy atom. The zero-order chi connectivity index (χ0) is 27.7. The number of hydrogen-bond donors (Lipinski definition) is 1. The van der Waals surface area contributed by atoms with Gasteiger partial charge in [-0.25, -0.2) is 4.98 Å². The van der Waals surface area contributed by atoms with Crippen molar-refractivity contribution < 1.29 is 31.1 Å². The predicted molar refractivity (Wildman–Crippen MR) is 132 cm³/mol. The number of halogens is 6. The Kier molecular flexibility index (Phi) is 7.68. The molecule has 0 saturated carbocycles. The molecule has 11 heteroatoms. The van der Waals surface area contributed by atoms with Gasteiger partial charge in [0.2, 0.25) is 0 Å². The van der Waals surface area contributed by atoms with E-state index in [-0.39, 0.29) is 17.2 Å². The van der Waals surface area contributed by atoms with Gasteiger partial charge in [0.1, 0.15) is 5.82 Å². The highest BCUT2D eigenvalue weighted by molar-refractivity contribution is 6.05. The molecule has 1 aliphatic heterocycles. The number of carbonyl (C=O) groups is 1. The van der Waals surface area contributed by atoms with E-state index in [1.165, 1.54) is 7.05 Å². The normalized spacial score (nSPS) is 14.5. The van der Waals surface area contributed by atoms with E-state index in [1.807, 2.05) is 36.1 Å². The highest BCUT2D eigenvalue weighted by Crippen LogP contribution is 2.37. The molecule has 4 rings (SSSR count). The largest absolute Gasteiger partial charge is 0.416 e. The molecule has 1 saturated heterocycles. The summed E-state index contributed by atoms with van der Waals surface area (Å²) in [5.74, 6) is -0.139. The SMILES string of the molecule is Cc1ccccc1-c1ccnc(N2CCNCC2)c1C(=O)N(C)Cc1cc(C(F)(F)F)cc(C(F)(F)F)c1. The van der Waals surface area contributed by atoms with Gasteiger partial charge in [0.15, 0.2) is 0 Å². The van der Waals surface area contributed by atoms with Crippen molar-refractivity contribution in [2.45, 2.75) is 25.8 Å². The molecule has 0 bridgehead atoms. The van der Waals surface area contributed by atoms with Crippen molar-refractivity contribution in [2.24, 2.45) is 0 Å². The first-order valence-corrected chi connectivity index (χ1v) is 11.9. The fraction of sp³-hybridized carbons (Fsp3) is 0.333. The van der Waals surface area contributed by atoms with E-state index >= 15 is 0 Å². The van der Waals surface area contributed by atoms with Crippen LogP contribution in [0.15, 0.2) is 54.7 Å². The fourth-order valence-corrected chi connectivity index (χ4v) is 4.52. The first kappa shape index (κ1) is 27.4. The van der Waals surface area contributed by atoms with Crippen LogP contribution in [0.4, 0.5) is 32.2 Å². The van der Waals surface area contributed by atoms with Crippen LogP contribution in [-0.2, 0) is 18.9 Å². The molecule has 38 heavy (non-hydrogen) atoms. The predicted octanol–water partition coefficient (Wildman–Crippen LogP) is 5.78. The maximum absolute atomic E-state index is 13.9. The number of piperazine rings is 1. The fourth-order valence-electron chi connectivity index (χ4n) is 4.52. The molecular weight excluding hydrogens is 510 g/mol. The lowest BCUT2D eigenvalue weighted by atomic mass is 9.95. The number of aryl methyl sites for hydroxylation is 1. The highest BCUT2D eigenvalue weighted by Gasteiger charge is 2.37. The van der Waals surface area contributed by atoms with Crippen LogP contribution >= 0.6 is 0 Å². The van der Waals surface area contributed by atoms with Crippen molar-refractivity contribution >= 4 is 11.7 Å². The first-order chi connectivity index (χ1) is 17.9. The number of aromatic nitrogens is 1. The summed E-state index contributed by atoms with van der Waals surface area (Å²) in [6, 6.07) is 10.5. The van der Waals surface area contributed by atoms with E-state index in [0.29, 0.717) is 49.7 Å². The number of pyridine rings is 1. The van der Waals surface area contributed by atoms with Gasteiger partial charge in [-0.3, -0.25) is 4.79 Å². The number of benzene rings is 2. The minimum absolute atomic E-state index is 0.0746. The summed E-state index contributed by atoms with van der Waals surface area (Å²) in [6.07, 6.45) is -8.36. The van der Waals surface area contributed by atoms with Gasteiger partial charge in [-0.15, -0.1) is 0 Å². The molecule has 2 heterocycles. The Morgan fingerprint density at radius 2 is 1.55 bits per heavy atom. The monoisotopic (exact) mass is 536 g/mol. The second-order valence-corrected chi connectivity index (χ2v) is 9.18. The van der Waals surface area contributed by atoms with Gasteiger partial charge in [0, 0.05) is 46.0 Å². The molecule has 1 aliphatic rings. The third-order valence-corrected chi connectivity index (χ3v) is 6.41. The molecule has 0 aliphatic carbocycles. The lowest BCUT2D eigenvalue weighted by Gasteiger charge is -2.31. The number of rotatable bonds is 5. The summed E-state index contributed by atoms with van der Waals surface area (Å²) in [5, 5.41) is 3.23. The number of hydrogen-bond acceptors (Lipinski definition) is 4. The maximum atomic E-state index is 13.9. The van der Waals surface area contributed by atoms with E-state index < -0.39 is 35.9 Å². The van der Waals surface area contributed by atoms with E-state index in [4.69, 9.17) is 0 Å². The molecule has 0 unspecified atom stereocenters. The van der Waals surface area contributed by atoms with Crippen molar-refractivity contribution in [1.29, 1.82) is 0 Å². The van der Waals surface area contributed by atoms with Crippen molar-refractivity contribution in [1.82, 2.24) is 15.2 Å². The average Bonchev–Trinajstić information content (AvgIpc) is 2.87. The zero-order valence-corrected chi connectivity index (χ0v) is 20.7. The van der Waals surface area contributed by atoms with Gasteiger partial charge >= 0.3 is 12.4 Å². The van der Waals surface area contributed by atoms with Crippen molar-refractivity contribution in [3.05, 3.63) is 82.5 Å². The van der Waals surface area contributed by atoms with E-state index in [2.05, 4.69) is 10.3 Å². The van der Waals surface area contributed by atoms with E-state index in [9.17, 15) is 31.1 Å². The molecule has 0 spiro atoms. The molecule has 2 aromatic carbocycles. The standard InChI is InChI=1S/C27H26F6N4O/c1-17-5-3-4-6-21(17)22-7-8-35-24(37-11-9-34-10-12-37)23(22)25(38)36(2)16-18-13-19(26(28,29)30)15-20(14-18)27(31,32)33/h3-8,13-15,34H,9-12,16H2,1-2H3. The second kappa shape index (κ2) is 10.6. The third kappa shape index (κ3) is 5.93. The number of alkyl halides is 6. The Bertz CT molecular complexity index is 1280. The molecule has 5 nitrogen and oxygen atoms in total. The smallest absolute Gasteiger partial charge is 0.353 e. The molecule has 0 atom stereocenters. The number of amides is 1. The highest BCUT2D eigenvalue weighted by atomic mass is 19.4. The molecule has 1 fully saturated rings. The molecular formula is C27H26F6N4O. The first-order valence-electron chi connectivity index (χ1n) is 11.9. The topological polar surface area (TPSA) is 48.5 Å². The molecule has 202 valence electrons. The second-order valence-electron chi connectivity index (χ2n) is 9.18. The van der Waals surface area contributed by atoms with E-state index in [0.717, 1.165) is 16.0 Å². The van der Waals surface area contributed by atoms with E-state index in [1.54, 1.807) is 12.3 Å². The van der Waals surface area contributed by atoms with Crippen molar-refractivity contribution in [2.75, 3.05) is 38.1 Å². The summed E-state index contributed by atoms with van der Waals surface area (Å²) < 4.78 is 80.2. The van der Waals surface area contributed by atoms with Crippen LogP contribution in [-0.4, -0.2) is 49.0 Å². The summed E-state index contributed by atoms with van der Waals surface area (Å²) in [7, 11) is 1.35. The van der Waals surface area contributed by atoms with Gasteiger partial charge in [0.25, 0.3) is 5.91 Å². The van der Waals surface area contributed by atoms with Gasteiger partial charge in [0.05, 0.1) is 16.7 Å². The third-order valence-electron chi connectivity index (χ3n) is 6.41. The van der Waals surface area contributed by atoms with Crippen molar-refractivity contribution in [3.63, 3.8) is 0 Å². The maximum Gasteiger partial charge on any atom is 0.416 e. The number of anilines is 1. The number of nitrogens with one attached hydrogen (secondary N) is 1. The minimum atomic E-state index is -4.98. The van der Waals surface area contributed by atoms with Gasteiger partial charge in [-0.1, -0.05) is 24.3 Å².